The van der Waals surface area contributed by atoms with Crippen molar-refractivity contribution in [3.63, 3.8) is 0 Å². The fourth-order valence-electron chi connectivity index (χ4n) is 2.99. The first kappa shape index (κ1) is 22.0. The summed E-state index contributed by atoms with van der Waals surface area (Å²) >= 11 is 8.17. The summed E-state index contributed by atoms with van der Waals surface area (Å²) in [7, 11) is 1.53. The number of hydrogen-bond acceptors (Lipinski definition) is 8. The molecule has 0 saturated carbocycles. The molecule has 0 aliphatic carbocycles. The number of aromatic nitrogens is 2. The lowest BCUT2D eigenvalue weighted by atomic mass is 10.2. The second-order valence-electron chi connectivity index (χ2n) is 6.40. The monoisotopic (exact) mass is 489 g/mol. The molecule has 0 fully saturated rings. The zero-order chi connectivity index (χ0) is 22.8. The maximum atomic E-state index is 13.4. The van der Waals surface area contributed by atoms with Crippen molar-refractivity contribution in [1.29, 1.82) is 0 Å². The summed E-state index contributed by atoms with van der Waals surface area (Å²) in [6.45, 7) is 1.83. The van der Waals surface area contributed by atoms with E-state index in [4.69, 9.17) is 21.1 Å². The number of benzene rings is 1. The van der Waals surface area contributed by atoms with Crippen LogP contribution in [-0.4, -0.2) is 35.4 Å². The Balaban J connectivity index is 1.87. The molecule has 0 radical (unpaired) electrons. The molecule has 0 atom stereocenters. The molecule has 3 aromatic heterocycles. The van der Waals surface area contributed by atoms with Gasteiger partial charge in [0, 0.05) is 10.8 Å². The summed E-state index contributed by atoms with van der Waals surface area (Å²) in [6, 6.07) is 9.86. The van der Waals surface area contributed by atoms with Gasteiger partial charge >= 0.3 is 5.97 Å². The Morgan fingerprint density at radius 3 is 2.56 bits per heavy atom. The highest BCUT2D eigenvalue weighted by atomic mass is 35.5. The highest BCUT2D eigenvalue weighted by Crippen LogP contribution is 2.32. The van der Waals surface area contributed by atoms with Gasteiger partial charge in [-0.25, -0.2) is 4.79 Å². The van der Waals surface area contributed by atoms with Gasteiger partial charge in [-0.3, -0.25) is 9.59 Å². The number of ether oxygens (including phenoxy) is 2. The van der Waals surface area contributed by atoms with E-state index in [2.05, 4.69) is 10.4 Å². The molecule has 0 saturated heterocycles. The molecule has 4 rings (SSSR count). The van der Waals surface area contributed by atoms with E-state index >= 15 is 0 Å². The van der Waals surface area contributed by atoms with Crippen LogP contribution in [0.15, 0.2) is 46.6 Å². The molecule has 0 aliphatic heterocycles. The topological polar surface area (TPSA) is 99.5 Å². The number of esters is 1. The highest BCUT2D eigenvalue weighted by molar-refractivity contribution is 7.18. The Hall–Kier alpha value is -3.21. The predicted molar refractivity (Wildman–Crippen MR) is 125 cm³/mol. The molecule has 0 bridgehead atoms. The average Bonchev–Trinajstić information content (AvgIpc) is 3.41. The van der Waals surface area contributed by atoms with E-state index in [0.29, 0.717) is 31.0 Å². The molecule has 0 aliphatic rings. The number of thiophene rings is 2. The van der Waals surface area contributed by atoms with Crippen molar-refractivity contribution in [3.05, 3.63) is 67.0 Å². The van der Waals surface area contributed by atoms with Gasteiger partial charge in [0.05, 0.1) is 34.0 Å². The van der Waals surface area contributed by atoms with E-state index in [1.165, 1.54) is 7.11 Å². The molecule has 3 heterocycles. The van der Waals surface area contributed by atoms with Crippen molar-refractivity contribution in [2.24, 2.45) is 0 Å². The van der Waals surface area contributed by atoms with E-state index < -0.39 is 17.4 Å². The normalized spacial score (nSPS) is 10.8. The molecular formula is C21H16ClN3O5S2. The fraction of sp³-hybridized carbons (Fsp3) is 0.143. The third-order valence-corrected chi connectivity index (χ3v) is 6.59. The Morgan fingerprint density at radius 1 is 1.19 bits per heavy atom. The summed E-state index contributed by atoms with van der Waals surface area (Å²) in [5.74, 6) is -0.470. The van der Waals surface area contributed by atoms with Gasteiger partial charge in [0.25, 0.3) is 11.5 Å². The standard InChI is InChI=1S/C21H16ClN3O5S2/c1-3-30-21(28)17-13-10-31-19(23-18(26)14-8-9-15(22)32-14)16(13)20(27)25(24-17)11-4-6-12(29-2)7-5-11/h4-10H,3H2,1-2H3,(H,23,26). The van der Waals surface area contributed by atoms with Gasteiger partial charge < -0.3 is 14.8 Å². The van der Waals surface area contributed by atoms with Crippen LogP contribution in [0.5, 0.6) is 5.75 Å². The minimum atomic E-state index is -0.666. The highest BCUT2D eigenvalue weighted by Gasteiger charge is 2.23. The smallest absolute Gasteiger partial charge is 0.359 e. The number of fused-ring (bicyclic) bond motifs is 1. The molecule has 32 heavy (non-hydrogen) atoms. The molecule has 0 spiro atoms. The van der Waals surface area contributed by atoms with Crippen molar-refractivity contribution in [2.45, 2.75) is 6.92 Å². The largest absolute Gasteiger partial charge is 0.497 e. The quantitative estimate of drug-likeness (QED) is 0.397. The van der Waals surface area contributed by atoms with Crippen LogP contribution in [0, 0.1) is 0 Å². The van der Waals surface area contributed by atoms with Gasteiger partial charge in [-0.15, -0.1) is 22.7 Å². The second kappa shape index (κ2) is 9.11. The molecule has 4 aromatic rings. The number of nitrogens with one attached hydrogen (secondary N) is 1. The number of hydrogen-bond donors (Lipinski definition) is 1. The van der Waals surface area contributed by atoms with E-state index in [0.717, 1.165) is 27.4 Å². The predicted octanol–water partition coefficient (Wildman–Crippen LogP) is 4.60. The van der Waals surface area contributed by atoms with Crippen LogP contribution in [0.4, 0.5) is 5.00 Å². The number of anilines is 1. The van der Waals surface area contributed by atoms with Crippen molar-refractivity contribution >= 4 is 61.9 Å². The molecular weight excluding hydrogens is 474 g/mol. The average molecular weight is 490 g/mol. The minimum Gasteiger partial charge on any atom is -0.497 e. The number of nitrogens with zero attached hydrogens (tertiary/aromatic N) is 2. The maximum Gasteiger partial charge on any atom is 0.359 e. The molecule has 0 unspecified atom stereocenters. The van der Waals surface area contributed by atoms with Crippen LogP contribution in [0.1, 0.15) is 27.1 Å². The van der Waals surface area contributed by atoms with E-state index in [1.807, 2.05) is 0 Å². The Morgan fingerprint density at radius 2 is 1.94 bits per heavy atom. The zero-order valence-corrected chi connectivity index (χ0v) is 19.3. The number of carbonyl (C=O) groups excluding carboxylic acids is 2. The molecule has 1 N–H and O–H groups in total. The first-order chi connectivity index (χ1) is 15.4. The molecule has 11 heteroatoms. The van der Waals surface area contributed by atoms with Crippen LogP contribution in [0.25, 0.3) is 16.5 Å². The Bertz CT molecular complexity index is 1370. The van der Waals surface area contributed by atoms with Crippen LogP contribution in [0.3, 0.4) is 0 Å². The van der Waals surface area contributed by atoms with E-state index in [-0.39, 0.29) is 17.7 Å². The molecule has 1 amide bonds. The van der Waals surface area contributed by atoms with Crippen molar-refractivity contribution in [1.82, 2.24) is 9.78 Å². The Labute approximate surface area is 195 Å². The van der Waals surface area contributed by atoms with Gasteiger partial charge in [0.2, 0.25) is 0 Å². The fourth-order valence-corrected chi connectivity index (χ4v) is 4.86. The van der Waals surface area contributed by atoms with Crippen molar-refractivity contribution < 1.29 is 19.1 Å². The third-order valence-electron chi connectivity index (χ3n) is 4.46. The minimum absolute atomic E-state index is 0.0202. The van der Waals surface area contributed by atoms with Gasteiger partial charge in [0.15, 0.2) is 5.69 Å². The van der Waals surface area contributed by atoms with E-state index in [9.17, 15) is 14.4 Å². The lowest BCUT2D eigenvalue weighted by Crippen LogP contribution is -2.25. The number of rotatable bonds is 6. The Kier molecular flexibility index (Phi) is 6.26. The number of amides is 1. The molecule has 8 nitrogen and oxygen atoms in total. The lowest BCUT2D eigenvalue weighted by molar-refractivity contribution is 0.0520. The van der Waals surface area contributed by atoms with Gasteiger partial charge in [-0.1, -0.05) is 11.6 Å². The summed E-state index contributed by atoms with van der Waals surface area (Å²) in [5, 5.41) is 9.39. The van der Waals surface area contributed by atoms with Gasteiger partial charge in [-0.2, -0.15) is 9.78 Å². The summed E-state index contributed by atoms with van der Waals surface area (Å²) in [5.41, 5.74) is -0.0797. The SMILES string of the molecule is CCOC(=O)c1nn(-c2ccc(OC)cc2)c(=O)c2c(NC(=O)c3ccc(Cl)s3)scc12. The molecule has 164 valence electrons. The van der Waals surface area contributed by atoms with Crippen molar-refractivity contribution in [3.8, 4) is 11.4 Å². The summed E-state index contributed by atoms with van der Waals surface area (Å²) in [6.07, 6.45) is 0. The first-order valence-corrected chi connectivity index (χ1v) is 11.4. The maximum absolute atomic E-state index is 13.4. The van der Waals surface area contributed by atoms with Gasteiger partial charge in [-0.05, 0) is 43.3 Å². The van der Waals surface area contributed by atoms with E-state index in [1.54, 1.807) is 48.7 Å². The van der Waals surface area contributed by atoms with Crippen LogP contribution in [0.2, 0.25) is 4.34 Å². The van der Waals surface area contributed by atoms with Gasteiger partial charge in [0.1, 0.15) is 10.8 Å². The van der Waals surface area contributed by atoms with Crippen LogP contribution < -0.4 is 15.6 Å². The third kappa shape index (κ3) is 4.12. The zero-order valence-electron chi connectivity index (χ0n) is 16.9. The van der Waals surface area contributed by atoms with Crippen molar-refractivity contribution in [2.75, 3.05) is 19.0 Å². The first-order valence-electron chi connectivity index (χ1n) is 9.35. The van der Waals surface area contributed by atoms with Crippen LogP contribution >= 0.6 is 34.3 Å². The number of carbonyl (C=O) groups is 2. The van der Waals surface area contributed by atoms with Crippen LogP contribution in [-0.2, 0) is 4.74 Å². The number of halogens is 1. The second-order valence-corrected chi connectivity index (χ2v) is 8.99. The number of methoxy groups -OCH3 is 1. The lowest BCUT2D eigenvalue weighted by Gasteiger charge is -2.10. The summed E-state index contributed by atoms with van der Waals surface area (Å²) in [4.78, 5) is 39.0. The summed E-state index contributed by atoms with van der Waals surface area (Å²) < 4.78 is 11.9. The molecule has 1 aromatic carbocycles.